The Morgan fingerprint density at radius 3 is 2.03 bits per heavy atom. The minimum Gasteiger partial charge on any atom is -0.297 e. The fourth-order valence-electron chi connectivity index (χ4n) is 5.46. The number of benzene rings is 3. The lowest BCUT2D eigenvalue weighted by atomic mass is 9.80. The molecule has 0 N–H and O–H groups in total. The van der Waals surface area contributed by atoms with E-state index in [-0.39, 0.29) is 17.7 Å². The molecule has 1 aliphatic heterocycles. The van der Waals surface area contributed by atoms with Gasteiger partial charge in [-0.3, -0.25) is 9.80 Å². The highest BCUT2D eigenvalue weighted by molar-refractivity contribution is 5.71. The Bertz CT molecular complexity index is 1080. The molecule has 3 aromatic rings. The van der Waals surface area contributed by atoms with E-state index in [1.54, 1.807) is 0 Å². The normalized spacial score (nSPS) is 20.6. The first-order valence-corrected chi connectivity index (χ1v) is 12.3. The number of halogens is 2. The van der Waals surface area contributed by atoms with Crippen LogP contribution in [0.2, 0.25) is 0 Å². The first kappa shape index (κ1) is 22.9. The van der Waals surface area contributed by atoms with Gasteiger partial charge in [0, 0.05) is 32.7 Å². The molecule has 5 rings (SSSR count). The highest BCUT2D eigenvalue weighted by Gasteiger charge is 2.27. The van der Waals surface area contributed by atoms with Crippen LogP contribution in [0.25, 0.3) is 5.57 Å². The van der Waals surface area contributed by atoms with E-state index in [1.807, 2.05) is 24.3 Å². The highest BCUT2D eigenvalue weighted by atomic mass is 19.1. The molecule has 2 nitrogen and oxygen atoms in total. The lowest BCUT2D eigenvalue weighted by Gasteiger charge is -2.39. The van der Waals surface area contributed by atoms with Crippen LogP contribution in [0.5, 0.6) is 0 Å². The average molecular weight is 459 g/mol. The first-order chi connectivity index (χ1) is 16.6. The predicted octanol–water partition coefficient (Wildman–Crippen LogP) is 6.34. The molecule has 34 heavy (non-hydrogen) atoms. The summed E-state index contributed by atoms with van der Waals surface area (Å²) in [6.45, 7) is 7.07. The van der Waals surface area contributed by atoms with Crippen LogP contribution in [-0.4, -0.2) is 42.5 Å². The largest absolute Gasteiger partial charge is 0.297 e. The van der Waals surface area contributed by atoms with Gasteiger partial charge in [-0.25, -0.2) is 8.78 Å². The maximum absolute atomic E-state index is 13.6. The first-order valence-electron chi connectivity index (χ1n) is 12.3. The zero-order valence-electron chi connectivity index (χ0n) is 19.8. The van der Waals surface area contributed by atoms with E-state index in [2.05, 4.69) is 47.1 Å². The second-order valence-electron chi connectivity index (χ2n) is 9.60. The van der Waals surface area contributed by atoms with E-state index in [0.717, 1.165) is 43.9 Å². The van der Waals surface area contributed by atoms with Gasteiger partial charge in [0.15, 0.2) is 0 Å². The maximum Gasteiger partial charge on any atom is 0.123 e. The summed E-state index contributed by atoms with van der Waals surface area (Å²) in [7, 11) is 0. The number of rotatable bonds is 5. The van der Waals surface area contributed by atoms with Crippen LogP contribution in [0.1, 0.15) is 41.6 Å². The molecule has 1 unspecified atom stereocenters. The summed E-state index contributed by atoms with van der Waals surface area (Å²) >= 11 is 0. The fraction of sp³-hybridized carbons (Fsp3) is 0.333. The Hall–Kier alpha value is -2.82. The quantitative estimate of drug-likeness (QED) is 0.440. The number of allylic oxidation sites excluding steroid dienone is 1. The molecule has 0 spiro atoms. The lowest BCUT2D eigenvalue weighted by molar-refractivity contribution is 0.117. The van der Waals surface area contributed by atoms with E-state index < -0.39 is 0 Å². The van der Waals surface area contributed by atoms with E-state index >= 15 is 0 Å². The number of fused-ring (bicyclic) bond motifs is 1. The molecule has 3 aromatic carbocycles. The third-order valence-electron chi connectivity index (χ3n) is 7.42. The molecule has 176 valence electrons. The predicted molar refractivity (Wildman–Crippen MR) is 135 cm³/mol. The zero-order valence-corrected chi connectivity index (χ0v) is 19.8. The number of aryl methyl sites for hydroxylation is 1. The van der Waals surface area contributed by atoms with E-state index in [0.29, 0.717) is 5.92 Å². The Morgan fingerprint density at radius 1 is 0.824 bits per heavy atom. The van der Waals surface area contributed by atoms with Crippen LogP contribution in [0.3, 0.4) is 0 Å². The Labute approximate surface area is 201 Å². The van der Waals surface area contributed by atoms with Gasteiger partial charge in [-0.2, -0.15) is 0 Å². The van der Waals surface area contributed by atoms with Crippen molar-refractivity contribution < 1.29 is 8.78 Å². The molecule has 1 fully saturated rings. The summed E-state index contributed by atoms with van der Waals surface area (Å²) in [5.74, 6) is 0.119. The summed E-state index contributed by atoms with van der Waals surface area (Å²) in [5.41, 5.74) is 6.46. The van der Waals surface area contributed by atoms with Gasteiger partial charge in [0.1, 0.15) is 11.6 Å². The molecule has 0 radical (unpaired) electrons. The maximum atomic E-state index is 13.6. The van der Waals surface area contributed by atoms with Crippen molar-refractivity contribution in [2.75, 3.05) is 32.7 Å². The number of nitrogens with zero attached hydrogens (tertiary/aromatic N) is 2. The average Bonchev–Trinajstić information content (AvgIpc) is 2.87. The van der Waals surface area contributed by atoms with Crippen molar-refractivity contribution in [3.8, 4) is 0 Å². The van der Waals surface area contributed by atoms with E-state index in [4.69, 9.17) is 0 Å². The van der Waals surface area contributed by atoms with Gasteiger partial charge < -0.3 is 0 Å². The minimum absolute atomic E-state index is 0.00746. The molecule has 1 atom stereocenters. The van der Waals surface area contributed by atoms with Crippen molar-refractivity contribution in [1.29, 1.82) is 0 Å². The number of hydrogen-bond acceptors (Lipinski definition) is 2. The Kier molecular flexibility index (Phi) is 6.89. The SMILES string of the molecule is CC1CCc2ccccc2C1=CCN1CCN(C(c2ccc(F)cc2)c2ccc(F)cc2)CC1. The zero-order chi connectivity index (χ0) is 23.5. The molecule has 0 amide bonds. The molecular weight excluding hydrogens is 426 g/mol. The highest BCUT2D eigenvalue weighted by Crippen LogP contribution is 2.35. The van der Waals surface area contributed by atoms with Crippen LogP contribution in [0, 0.1) is 17.6 Å². The second-order valence-corrected chi connectivity index (χ2v) is 9.60. The van der Waals surface area contributed by atoms with E-state index in [1.165, 1.54) is 53.8 Å². The van der Waals surface area contributed by atoms with E-state index in [9.17, 15) is 8.78 Å². The van der Waals surface area contributed by atoms with Gasteiger partial charge in [0.2, 0.25) is 0 Å². The number of hydrogen-bond donors (Lipinski definition) is 0. The van der Waals surface area contributed by atoms with Crippen LogP contribution < -0.4 is 0 Å². The summed E-state index contributed by atoms with van der Waals surface area (Å²) in [6, 6.07) is 22.3. The molecule has 2 aliphatic rings. The second kappa shape index (κ2) is 10.2. The van der Waals surface area contributed by atoms with Crippen LogP contribution in [-0.2, 0) is 6.42 Å². The molecule has 0 aromatic heterocycles. The Morgan fingerprint density at radius 2 is 1.41 bits per heavy atom. The fourth-order valence-corrected chi connectivity index (χ4v) is 5.46. The number of piperazine rings is 1. The van der Waals surface area contributed by atoms with Crippen molar-refractivity contribution in [3.63, 3.8) is 0 Å². The van der Waals surface area contributed by atoms with Crippen LogP contribution in [0.4, 0.5) is 8.78 Å². The smallest absolute Gasteiger partial charge is 0.123 e. The summed E-state index contributed by atoms with van der Waals surface area (Å²) in [4.78, 5) is 4.95. The van der Waals surface area contributed by atoms with Crippen LogP contribution in [0.15, 0.2) is 78.9 Å². The summed E-state index contributed by atoms with van der Waals surface area (Å²) < 4.78 is 27.2. The molecule has 4 heteroatoms. The van der Waals surface area contributed by atoms with Gasteiger partial charge >= 0.3 is 0 Å². The third kappa shape index (κ3) is 4.98. The van der Waals surface area contributed by atoms with Crippen molar-refractivity contribution in [3.05, 3.63) is 113 Å². The third-order valence-corrected chi connectivity index (χ3v) is 7.42. The van der Waals surface area contributed by atoms with Gasteiger partial charge in [0.05, 0.1) is 6.04 Å². The topological polar surface area (TPSA) is 6.48 Å². The molecule has 0 saturated carbocycles. The van der Waals surface area contributed by atoms with Crippen molar-refractivity contribution >= 4 is 5.57 Å². The Balaban J connectivity index is 1.30. The molecule has 1 aliphatic carbocycles. The van der Waals surface area contributed by atoms with Crippen molar-refractivity contribution in [1.82, 2.24) is 9.80 Å². The molecule has 0 bridgehead atoms. The van der Waals surface area contributed by atoms with Crippen molar-refractivity contribution in [2.24, 2.45) is 5.92 Å². The standard InChI is InChI=1S/C30H32F2N2/c1-22-6-7-23-4-2-3-5-29(23)28(22)16-17-33-18-20-34(21-19-33)30(24-8-12-26(31)13-9-24)25-10-14-27(32)15-11-25/h2-5,8-16,22,30H,6-7,17-21H2,1H3. The summed E-state index contributed by atoms with van der Waals surface area (Å²) in [5, 5.41) is 0. The van der Waals surface area contributed by atoms with Gasteiger partial charge in [0.25, 0.3) is 0 Å². The molecule has 1 saturated heterocycles. The molecular formula is C30H32F2N2. The monoisotopic (exact) mass is 458 g/mol. The van der Waals surface area contributed by atoms with Gasteiger partial charge in [-0.1, -0.05) is 61.5 Å². The summed E-state index contributed by atoms with van der Waals surface area (Å²) in [6.07, 6.45) is 4.82. The minimum atomic E-state index is -0.238. The van der Waals surface area contributed by atoms with Gasteiger partial charge in [-0.15, -0.1) is 0 Å². The van der Waals surface area contributed by atoms with Gasteiger partial charge in [-0.05, 0) is 70.9 Å². The lowest BCUT2D eigenvalue weighted by Crippen LogP contribution is -2.47. The van der Waals surface area contributed by atoms with Crippen molar-refractivity contribution in [2.45, 2.75) is 25.8 Å². The molecule has 1 heterocycles. The van der Waals surface area contributed by atoms with Crippen LogP contribution >= 0.6 is 0 Å².